The lowest BCUT2D eigenvalue weighted by Gasteiger charge is -1.75. The predicted molar refractivity (Wildman–Crippen MR) is 27.1 cm³/mol. The van der Waals surface area contributed by atoms with E-state index in [0.717, 1.165) is 5.98 Å². The monoisotopic (exact) mass is 88.1 g/mol. The summed E-state index contributed by atoms with van der Waals surface area (Å²) in [5, 5.41) is 15.6. The van der Waals surface area contributed by atoms with Gasteiger partial charge in [0.2, 0.25) is 0 Å². The van der Waals surface area contributed by atoms with Crippen molar-refractivity contribution in [2.45, 2.75) is 7.43 Å². The van der Waals surface area contributed by atoms with Crippen LogP contribution in [0.15, 0.2) is 12.6 Å². The Hall–Kier alpha value is -0.275. The number of rotatable bonds is 1. The van der Waals surface area contributed by atoms with Crippen LogP contribution in [-0.2, 0) is 0 Å². The zero-order valence-corrected chi connectivity index (χ0v) is 2.76. The lowest BCUT2D eigenvalue weighted by molar-refractivity contribution is 0.424. The molecule has 0 spiro atoms. The Morgan fingerprint density at radius 2 is 1.67 bits per heavy atom. The third-order valence-electron chi connectivity index (χ3n) is 0.211. The maximum Gasteiger partial charge on any atom is 0.480 e. The maximum atomic E-state index is 7.80. The molecule has 0 rings (SSSR count). The highest BCUT2D eigenvalue weighted by Gasteiger charge is 1.92. The van der Waals surface area contributed by atoms with E-state index in [1.807, 2.05) is 0 Å². The fourth-order valence-corrected chi connectivity index (χ4v) is 0. The first-order valence-electron chi connectivity index (χ1n) is 1.26. The zero-order chi connectivity index (χ0) is 4.28. The Balaban J connectivity index is 0. The molecule has 36 valence electrons. The van der Waals surface area contributed by atoms with E-state index in [1.54, 1.807) is 0 Å². The average Bonchev–Trinajstić information content (AvgIpc) is 1.38. The molecule has 0 unspecified atom stereocenters. The summed E-state index contributed by atoms with van der Waals surface area (Å²) in [6, 6.07) is 0. The van der Waals surface area contributed by atoms with Crippen LogP contribution in [0.25, 0.3) is 0 Å². The molecule has 0 amide bonds. The fourth-order valence-electron chi connectivity index (χ4n) is 0. The molecule has 0 aliphatic rings. The molecule has 3 heteroatoms. The first-order chi connectivity index (χ1) is 2.27. The van der Waals surface area contributed by atoms with Gasteiger partial charge in [-0.25, -0.2) is 0 Å². The summed E-state index contributed by atoms with van der Waals surface area (Å²) in [6.07, 6.45) is 0. The van der Waals surface area contributed by atoms with Gasteiger partial charge in [-0.15, -0.1) is 6.58 Å². The molecule has 2 nitrogen and oxygen atoms in total. The van der Waals surface area contributed by atoms with Crippen molar-refractivity contribution in [3.05, 3.63) is 12.6 Å². The highest BCUT2D eigenvalue weighted by Crippen LogP contribution is 1.60. The van der Waals surface area contributed by atoms with Gasteiger partial charge in [0.15, 0.2) is 0 Å². The van der Waals surface area contributed by atoms with E-state index < -0.39 is 7.12 Å². The first-order valence-corrected chi connectivity index (χ1v) is 1.26. The zero-order valence-electron chi connectivity index (χ0n) is 2.76. The molecule has 6 heavy (non-hydrogen) atoms. The van der Waals surface area contributed by atoms with Gasteiger partial charge in [-0.1, -0.05) is 13.4 Å². The van der Waals surface area contributed by atoms with Gasteiger partial charge in [0.05, 0.1) is 0 Å². The minimum Gasteiger partial charge on any atom is -0.424 e. The van der Waals surface area contributed by atoms with Crippen molar-refractivity contribution in [1.29, 1.82) is 0 Å². The van der Waals surface area contributed by atoms with E-state index in [-0.39, 0.29) is 7.43 Å². The van der Waals surface area contributed by atoms with Crippen LogP contribution in [0.3, 0.4) is 0 Å². The van der Waals surface area contributed by atoms with Crippen molar-refractivity contribution in [2.24, 2.45) is 0 Å². The largest absolute Gasteiger partial charge is 0.480 e. The molecule has 0 saturated heterocycles. The molecule has 0 aromatic heterocycles. The second-order valence-corrected chi connectivity index (χ2v) is 0.649. The molecule has 0 aliphatic heterocycles. The highest BCUT2D eigenvalue weighted by molar-refractivity contribution is 6.47. The van der Waals surface area contributed by atoms with Crippen LogP contribution in [0, 0.1) is 0 Å². The standard InChI is InChI=1S/C2H5BO2.CH4/c1-2-3(4)5;/h2,4-5H,1H2;1H4. The molecular weight excluding hydrogens is 78.8 g/mol. The molecule has 0 fully saturated rings. The van der Waals surface area contributed by atoms with E-state index in [0.29, 0.717) is 0 Å². The van der Waals surface area contributed by atoms with Crippen LogP contribution < -0.4 is 0 Å². The van der Waals surface area contributed by atoms with Crippen LogP contribution in [0.2, 0.25) is 0 Å². The molecule has 0 heterocycles. The van der Waals surface area contributed by atoms with Crippen LogP contribution in [-0.4, -0.2) is 17.2 Å². The lowest BCUT2D eigenvalue weighted by atomic mass is 9.94. The Bertz CT molecular complexity index is 35.8. The first kappa shape index (κ1) is 9.21. The minimum atomic E-state index is -1.35. The molecular formula is C3H9BO2. The summed E-state index contributed by atoms with van der Waals surface area (Å²) >= 11 is 0. The molecule has 0 radical (unpaired) electrons. The van der Waals surface area contributed by atoms with Crippen LogP contribution >= 0.6 is 0 Å². The van der Waals surface area contributed by atoms with E-state index in [2.05, 4.69) is 6.58 Å². The second-order valence-electron chi connectivity index (χ2n) is 0.649. The van der Waals surface area contributed by atoms with Crippen LogP contribution in [0.5, 0.6) is 0 Å². The normalized spacial score (nSPS) is 5.67. The minimum absolute atomic E-state index is 0. The van der Waals surface area contributed by atoms with Crippen LogP contribution in [0.4, 0.5) is 0 Å². The molecule has 0 aromatic carbocycles. The van der Waals surface area contributed by atoms with E-state index >= 15 is 0 Å². The summed E-state index contributed by atoms with van der Waals surface area (Å²) in [5.74, 6) is 1.03. The lowest BCUT2D eigenvalue weighted by Crippen LogP contribution is -2.03. The summed E-state index contributed by atoms with van der Waals surface area (Å²) < 4.78 is 0. The van der Waals surface area contributed by atoms with E-state index in [4.69, 9.17) is 10.0 Å². The van der Waals surface area contributed by atoms with Crippen molar-refractivity contribution < 1.29 is 10.0 Å². The smallest absolute Gasteiger partial charge is 0.424 e. The summed E-state index contributed by atoms with van der Waals surface area (Å²) in [7, 11) is -1.35. The molecule has 0 bridgehead atoms. The predicted octanol–water partition coefficient (Wildman–Crippen LogP) is -0.179. The van der Waals surface area contributed by atoms with Gasteiger partial charge < -0.3 is 10.0 Å². The maximum absolute atomic E-state index is 7.80. The topological polar surface area (TPSA) is 40.5 Å². The van der Waals surface area contributed by atoms with Gasteiger partial charge in [0.25, 0.3) is 0 Å². The molecule has 0 atom stereocenters. The van der Waals surface area contributed by atoms with Crippen molar-refractivity contribution in [1.82, 2.24) is 0 Å². The number of hydrogen-bond donors (Lipinski definition) is 2. The van der Waals surface area contributed by atoms with Crippen molar-refractivity contribution in [2.75, 3.05) is 0 Å². The SMILES string of the molecule is C.C=CB(O)O. The third-order valence-corrected chi connectivity index (χ3v) is 0.211. The third kappa shape index (κ3) is 9.30. The highest BCUT2D eigenvalue weighted by atomic mass is 16.4. The Labute approximate surface area is 38.3 Å². The van der Waals surface area contributed by atoms with Gasteiger partial charge in [-0.05, 0) is 0 Å². The van der Waals surface area contributed by atoms with Crippen LogP contribution in [0.1, 0.15) is 7.43 Å². The molecule has 2 N–H and O–H groups in total. The van der Waals surface area contributed by atoms with E-state index in [1.165, 1.54) is 0 Å². The Morgan fingerprint density at radius 3 is 1.67 bits per heavy atom. The van der Waals surface area contributed by atoms with Gasteiger partial charge in [-0.2, -0.15) is 0 Å². The fraction of sp³-hybridized carbons (Fsp3) is 0.333. The molecule has 0 aliphatic carbocycles. The average molecular weight is 87.9 g/mol. The van der Waals surface area contributed by atoms with Gasteiger partial charge in [0.1, 0.15) is 0 Å². The van der Waals surface area contributed by atoms with Gasteiger partial charge >= 0.3 is 7.12 Å². The quantitative estimate of drug-likeness (QED) is 0.436. The van der Waals surface area contributed by atoms with Crippen molar-refractivity contribution in [3.8, 4) is 0 Å². The van der Waals surface area contributed by atoms with Gasteiger partial charge in [0, 0.05) is 0 Å². The summed E-state index contributed by atoms with van der Waals surface area (Å²) in [5.41, 5.74) is 0. The Morgan fingerprint density at radius 1 is 1.50 bits per heavy atom. The van der Waals surface area contributed by atoms with E-state index in [9.17, 15) is 0 Å². The number of hydrogen-bond acceptors (Lipinski definition) is 2. The summed E-state index contributed by atoms with van der Waals surface area (Å²) in [6.45, 7) is 3.06. The molecule has 0 aromatic rings. The Kier molecular flexibility index (Phi) is 7.25. The van der Waals surface area contributed by atoms with Gasteiger partial charge in [-0.3, -0.25) is 0 Å². The second kappa shape index (κ2) is 4.72. The van der Waals surface area contributed by atoms with Crippen molar-refractivity contribution >= 4 is 7.12 Å². The molecule has 0 saturated carbocycles. The summed E-state index contributed by atoms with van der Waals surface area (Å²) in [4.78, 5) is 0. The van der Waals surface area contributed by atoms with Crippen molar-refractivity contribution in [3.63, 3.8) is 0 Å².